The number of pyridine rings is 1. The van der Waals surface area contributed by atoms with Crippen molar-refractivity contribution in [2.24, 2.45) is 0 Å². The first kappa shape index (κ1) is 19.9. The molecule has 0 aliphatic heterocycles. The molecule has 0 saturated heterocycles. The summed E-state index contributed by atoms with van der Waals surface area (Å²) in [6, 6.07) is 11.7. The first-order valence-electron chi connectivity index (χ1n) is 8.78. The average Bonchev–Trinajstić information content (AvgIpc) is 2.58. The smallest absolute Gasteiger partial charge is 0.403 e. The molecule has 28 heavy (non-hydrogen) atoms. The number of para-hydroxylation sites is 1. The Bertz CT molecular complexity index is 983. The topological polar surface area (TPSA) is 54.4 Å². The van der Waals surface area contributed by atoms with E-state index in [2.05, 4.69) is 15.0 Å². The van der Waals surface area contributed by atoms with Crippen molar-refractivity contribution in [1.82, 2.24) is 4.98 Å². The first-order valence-corrected chi connectivity index (χ1v) is 8.78. The third-order valence-electron chi connectivity index (χ3n) is 4.31. The number of halogens is 3. The standard InChI is InChI=1S/C21H21F3N2O2/c1-12-7-13(2)9-15(8-12)18(11-27)26-17-10-14(3)25-20-16(17)5-4-6-19(20)28-21(22,23)24/h4-10,18,27H,11H2,1-3H3,(H,25,26). The highest BCUT2D eigenvalue weighted by Gasteiger charge is 2.32. The summed E-state index contributed by atoms with van der Waals surface area (Å²) in [5, 5.41) is 13.6. The number of aliphatic hydroxyl groups excluding tert-OH is 1. The van der Waals surface area contributed by atoms with Gasteiger partial charge in [0, 0.05) is 16.8 Å². The van der Waals surface area contributed by atoms with Gasteiger partial charge in [-0.1, -0.05) is 41.5 Å². The van der Waals surface area contributed by atoms with Gasteiger partial charge in [-0.05, 0) is 38.5 Å². The summed E-state index contributed by atoms with van der Waals surface area (Å²) in [5.41, 5.74) is 4.24. The van der Waals surface area contributed by atoms with Gasteiger partial charge in [0.15, 0.2) is 5.75 Å². The van der Waals surface area contributed by atoms with Crippen molar-refractivity contribution in [3.05, 3.63) is 64.8 Å². The molecular weight excluding hydrogens is 369 g/mol. The summed E-state index contributed by atoms with van der Waals surface area (Å²) < 4.78 is 42.3. The lowest BCUT2D eigenvalue weighted by molar-refractivity contribution is -0.274. The number of nitrogens with one attached hydrogen (secondary N) is 1. The van der Waals surface area contributed by atoms with E-state index in [4.69, 9.17) is 0 Å². The Hall–Kier alpha value is -2.80. The predicted molar refractivity (Wildman–Crippen MR) is 103 cm³/mol. The second-order valence-corrected chi connectivity index (χ2v) is 6.81. The van der Waals surface area contributed by atoms with Crippen LogP contribution in [-0.4, -0.2) is 23.1 Å². The van der Waals surface area contributed by atoms with Crippen molar-refractivity contribution in [1.29, 1.82) is 0 Å². The fourth-order valence-corrected chi connectivity index (χ4v) is 3.31. The number of aliphatic hydroxyl groups is 1. The van der Waals surface area contributed by atoms with Gasteiger partial charge in [-0.2, -0.15) is 0 Å². The van der Waals surface area contributed by atoms with Crippen LogP contribution in [0.2, 0.25) is 0 Å². The number of hydrogen-bond donors (Lipinski definition) is 2. The van der Waals surface area contributed by atoms with Gasteiger partial charge in [0.05, 0.1) is 12.6 Å². The molecule has 7 heteroatoms. The fourth-order valence-electron chi connectivity index (χ4n) is 3.31. The fraction of sp³-hybridized carbons (Fsp3) is 0.286. The van der Waals surface area contributed by atoms with Crippen LogP contribution in [0.5, 0.6) is 5.75 Å². The molecule has 1 atom stereocenters. The van der Waals surface area contributed by atoms with Crippen LogP contribution in [0.1, 0.15) is 28.4 Å². The lowest BCUT2D eigenvalue weighted by Crippen LogP contribution is -2.18. The molecule has 1 aromatic heterocycles. The number of alkyl halides is 3. The molecule has 1 unspecified atom stereocenters. The zero-order chi connectivity index (χ0) is 20.5. The molecule has 3 rings (SSSR count). The summed E-state index contributed by atoms with van der Waals surface area (Å²) in [6.45, 7) is 5.46. The Morgan fingerprint density at radius 2 is 1.75 bits per heavy atom. The second kappa shape index (κ2) is 7.67. The van der Waals surface area contributed by atoms with Gasteiger partial charge in [-0.25, -0.2) is 4.98 Å². The minimum Gasteiger partial charge on any atom is -0.403 e. The SMILES string of the molecule is Cc1cc(C)cc(C(CO)Nc2cc(C)nc3c(OC(F)(F)F)cccc23)c1. The molecule has 4 nitrogen and oxygen atoms in total. The Morgan fingerprint density at radius 1 is 1.07 bits per heavy atom. The van der Waals surface area contributed by atoms with Crippen molar-refractivity contribution in [3.63, 3.8) is 0 Å². The Balaban J connectivity index is 2.06. The van der Waals surface area contributed by atoms with Crippen molar-refractivity contribution in [2.75, 3.05) is 11.9 Å². The third kappa shape index (κ3) is 4.54. The highest BCUT2D eigenvalue weighted by atomic mass is 19.4. The van der Waals surface area contributed by atoms with E-state index in [0.717, 1.165) is 16.7 Å². The van der Waals surface area contributed by atoms with Crippen LogP contribution in [-0.2, 0) is 0 Å². The average molecular weight is 390 g/mol. The Morgan fingerprint density at radius 3 is 2.36 bits per heavy atom. The molecule has 148 valence electrons. The Labute approximate surface area is 161 Å². The molecule has 3 aromatic rings. The van der Waals surface area contributed by atoms with E-state index in [0.29, 0.717) is 16.8 Å². The van der Waals surface area contributed by atoms with Crippen LogP contribution in [0.4, 0.5) is 18.9 Å². The highest BCUT2D eigenvalue weighted by Crippen LogP contribution is 2.34. The van der Waals surface area contributed by atoms with E-state index < -0.39 is 12.4 Å². The molecule has 0 fully saturated rings. The summed E-state index contributed by atoms with van der Waals surface area (Å²) >= 11 is 0. The number of fused-ring (bicyclic) bond motifs is 1. The van der Waals surface area contributed by atoms with Crippen LogP contribution in [0.15, 0.2) is 42.5 Å². The predicted octanol–water partition coefficient (Wildman–Crippen LogP) is 5.20. The molecule has 0 aliphatic carbocycles. The van der Waals surface area contributed by atoms with Crippen molar-refractivity contribution in [3.8, 4) is 5.75 Å². The maximum Gasteiger partial charge on any atom is 0.573 e. The van der Waals surface area contributed by atoms with Gasteiger partial charge in [0.1, 0.15) is 5.52 Å². The van der Waals surface area contributed by atoms with Crippen LogP contribution < -0.4 is 10.1 Å². The van der Waals surface area contributed by atoms with Gasteiger partial charge in [0.2, 0.25) is 0 Å². The summed E-state index contributed by atoms with van der Waals surface area (Å²) in [6.07, 6.45) is -4.81. The molecule has 0 saturated carbocycles. The Kier molecular flexibility index (Phi) is 5.47. The highest BCUT2D eigenvalue weighted by molar-refractivity contribution is 5.95. The molecule has 0 amide bonds. The summed E-state index contributed by atoms with van der Waals surface area (Å²) in [7, 11) is 0. The van der Waals surface area contributed by atoms with Crippen molar-refractivity contribution >= 4 is 16.6 Å². The zero-order valence-corrected chi connectivity index (χ0v) is 15.8. The minimum absolute atomic E-state index is 0.111. The zero-order valence-electron chi connectivity index (χ0n) is 15.8. The van der Waals surface area contributed by atoms with E-state index in [9.17, 15) is 18.3 Å². The lowest BCUT2D eigenvalue weighted by Gasteiger charge is -2.21. The molecule has 0 bridgehead atoms. The van der Waals surface area contributed by atoms with Gasteiger partial charge in [0.25, 0.3) is 0 Å². The minimum atomic E-state index is -4.81. The largest absolute Gasteiger partial charge is 0.573 e. The number of aromatic nitrogens is 1. The monoisotopic (exact) mass is 390 g/mol. The van der Waals surface area contributed by atoms with Gasteiger partial charge < -0.3 is 15.2 Å². The molecule has 0 spiro atoms. The van der Waals surface area contributed by atoms with Crippen molar-refractivity contribution in [2.45, 2.75) is 33.2 Å². The van der Waals surface area contributed by atoms with E-state index in [1.807, 2.05) is 32.0 Å². The number of anilines is 1. The molecule has 2 aromatic carbocycles. The van der Waals surface area contributed by atoms with Gasteiger partial charge in [-0.3, -0.25) is 0 Å². The van der Waals surface area contributed by atoms with Crippen LogP contribution in [0, 0.1) is 20.8 Å². The summed E-state index contributed by atoms with van der Waals surface area (Å²) in [5.74, 6) is -0.358. The van der Waals surface area contributed by atoms with Gasteiger partial charge >= 0.3 is 6.36 Å². The van der Waals surface area contributed by atoms with E-state index in [1.54, 1.807) is 19.1 Å². The quantitative estimate of drug-likeness (QED) is 0.628. The van der Waals surface area contributed by atoms with Crippen LogP contribution in [0.3, 0.4) is 0 Å². The van der Waals surface area contributed by atoms with E-state index in [-0.39, 0.29) is 17.9 Å². The number of hydrogen-bond acceptors (Lipinski definition) is 4. The number of rotatable bonds is 5. The third-order valence-corrected chi connectivity index (χ3v) is 4.31. The molecule has 0 radical (unpaired) electrons. The number of nitrogens with zero attached hydrogens (tertiary/aromatic N) is 1. The second-order valence-electron chi connectivity index (χ2n) is 6.81. The maximum atomic E-state index is 12.7. The maximum absolute atomic E-state index is 12.7. The molecule has 2 N–H and O–H groups in total. The van der Waals surface area contributed by atoms with Crippen molar-refractivity contribution < 1.29 is 23.0 Å². The normalized spacial score (nSPS) is 12.8. The van der Waals surface area contributed by atoms with E-state index >= 15 is 0 Å². The molecule has 1 heterocycles. The first-order chi connectivity index (χ1) is 13.2. The number of benzene rings is 2. The van der Waals surface area contributed by atoms with Gasteiger partial charge in [-0.15, -0.1) is 13.2 Å². The molecular formula is C21H21F3N2O2. The van der Waals surface area contributed by atoms with Crippen LogP contribution >= 0.6 is 0 Å². The number of aryl methyl sites for hydroxylation is 3. The van der Waals surface area contributed by atoms with E-state index in [1.165, 1.54) is 12.1 Å². The van der Waals surface area contributed by atoms with Crippen LogP contribution in [0.25, 0.3) is 10.9 Å². The number of ether oxygens (including phenoxy) is 1. The molecule has 0 aliphatic rings. The summed E-state index contributed by atoms with van der Waals surface area (Å²) in [4.78, 5) is 4.23. The lowest BCUT2D eigenvalue weighted by atomic mass is 10.0.